The molecular formula is C21H24N2O5. The summed E-state index contributed by atoms with van der Waals surface area (Å²) in [6, 6.07) is 14.6. The monoisotopic (exact) mass is 384 g/mol. The van der Waals surface area contributed by atoms with Gasteiger partial charge in [-0.3, -0.25) is 4.79 Å². The number of methoxy groups -OCH3 is 1. The number of ether oxygens (including phenoxy) is 2. The minimum atomic E-state index is -0.858. The minimum absolute atomic E-state index is 0.239. The highest BCUT2D eigenvalue weighted by atomic mass is 16.5. The van der Waals surface area contributed by atoms with Gasteiger partial charge < -0.3 is 24.8 Å². The molecule has 1 unspecified atom stereocenters. The molecule has 2 amide bonds. The molecule has 0 aromatic heterocycles. The molecule has 0 radical (unpaired) electrons. The number of hydrogen-bond acceptors (Lipinski definition) is 4. The third-order valence-electron chi connectivity index (χ3n) is 4.68. The number of rotatable bonds is 7. The first kappa shape index (κ1) is 19.7. The summed E-state index contributed by atoms with van der Waals surface area (Å²) in [7, 11) is 1.68. The molecule has 148 valence electrons. The number of likely N-dealkylation sites (tertiary alicyclic amines) is 1. The lowest BCUT2D eigenvalue weighted by Crippen LogP contribution is -2.33. The highest BCUT2D eigenvalue weighted by Crippen LogP contribution is 2.24. The fraction of sp³-hybridized carbons (Fsp3) is 0.333. The van der Waals surface area contributed by atoms with Gasteiger partial charge in [0.05, 0.1) is 12.5 Å². The second-order valence-corrected chi connectivity index (χ2v) is 6.71. The number of amides is 2. The first-order chi connectivity index (χ1) is 13.5. The van der Waals surface area contributed by atoms with Gasteiger partial charge in [0.15, 0.2) is 0 Å². The van der Waals surface area contributed by atoms with E-state index in [4.69, 9.17) is 14.6 Å². The standard InChI is InChI=1S/C21H24N2O5/c1-27-13-11-15-2-6-18(7-3-15)28-19-8-4-17(5-9-19)22-21(26)23-12-10-16(14-23)20(24)25/h2-9,16H,10-14H2,1H3,(H,22,26)(H,24,25). The first-order valence-electron chi connectivity index (χ1n) is 9.19. The molecule has 3 rings (SSSR count). The van der Waals surface area contributed by atoms with Crippen LogP contribution in [0.5, 0.6) is 11.5 Å². The number of carbonyl (C=O) groups is 2. The topological polar surface area (TPSA) is 88.1 Å². The van der Waals surface area contributed by atoms with Gasteiger partial charge in [-0.1, -0.05) is 12.1 Å². The second-order valence-electron chi connectivity index (χ2n) is 6.71. The van der Waals surface area contributed by atoms with Crippen molar-refractivity contribution in [3.63, 3.8) is 0 Å². The summed E-state index contributed by atoms with van der Waals surface area (Å²) >= 11 is 0. The van der Waals surface area contributed by atoms with Crippen molar-refractivity contribution in [3.8, 4) is 11.5 Å². The number of aliphatic carboxylic acids is 1. The maximum atomic E-state index is 12.2. The van der Waals surface area contributed by atoms with Gasteiger partial charge in [-0.05, 0) is 54.8 Å². The molecule has 1 fully saturated rings. The average Bonchev–Trinajstić information content (AvgIpc) is 3.20. The van der Waals surface area contributed by atoms with Gasteiger partial charge in [0.25, 0.3) is 0 Å². The summed E-state index contributed by atoms with van der Waals surface area (Å²) in [5.74, 6) is 0.0513. The lowest BCUT2D eigenvalue weighted by Gasteiger charge is -2.17. The Balaban J connectivity index is 1.52. The van der Waals surface area contributed by atoms with Gasteiger partial charge in [0.2, 0.25) is 0 Å². The molecule has 28 heavy (non-hydrogen) atoms. The fourth-order valence-corrected chi connectivity index (χ4v) is 3.04. The van der Waals surface area contributed by atoms with Crippen LogP contribution >= 0.6 is 0 Å². The zero-order valence-electron chi connectivity index (χ0n) is 15.8. The van der Waals surface area contributed by atoms with E-state index >= 15 is 0 Å². The summed E-state index contributed by atoms with van der Waals surface area (Å²) < 4.78 is 10.9. The van der Waals surface area contributed by atoms with Crippen LogP contribution in [0.25, 0.3) is 0 Å². The molecule has 1 saturated heterocycles. The zero-order chi connectivity index (χ0) is 19.9. The van der Waals surface area contributed by atoms with Crippen molar-refractivity contribution in [3.05, 3.63) is 54.1 Å². The van der Waals surface area contributed by atoms with Crippen molar-refractivity contribution in [2.45, 2.75) is 12.8 Å². The van der Waals surface area contributed by atoms with Gasteiger partial charge in [0, 0.05) is 25.9 Å². The molecule has 1 heterocycles. The predicted molar refractivity (Wildman–Crippen MR) is 105 cm³/mol. The number of anilines is 1. The molecule has 0 saturated carbocycles. The molecule has 7 nitrogen and oxygen atoms in total. The van der Waals surface area contributed by atoms with E-state index in [1.54, 1.807) is 31.4 Å². The molecule has 2 aromatic carbocycles. The van der Waals surface area contributed by atoms with Gasteiger partial charge in [-0.15, -0.1) is 0 Å². The van der Waals surface area contributed by atoms with Crippen LogP contribution in [-0.2, 0) is 16.0 Å². The lowest BCUT2D eigenvalue weighted by molar-refractivity contribution is -0.141. The summed E-state index contributed by atoms with van der Waals surface area (Å²) in [6.07, 6.45) is 1.34. The Morgan fingerprint density at radius 1 is 1.11 bits per heavy atom. The van der Waals surface area contributed by atoms with Crippen LogP contribution in [0.4, 0.5) is 10.5 Å². The maximum Gasteiger partial charge on any atom is 0.321 e. The summed E-state index contributed by atoms with van der Waals surface area (Å²) in [6.45, 7) is 1.37. The number of hydrogen-bond donors (Lipinski definition) is 2. The van der Waals surface area contributed by atoms with Crippen molar-refractivity contribution in [1.29, 1.82) is 0 Å². The van der Waals surface area contributed by atoms with Gasteiger partial charge in [0.1, 0.15) is 11.5 Å². The van der Waals surface area contributed by atoms with E-state index < -0.39 is 11.9 Å². The maximum absolute atomic E-state index is 12.2. The van der Waals surface area contributed by atoms with Crippen LogP contribution in [0.3, 0.4) is 0 Å². The molecule has 0 aliphatic carbocycles. The smallest absolute Gasteiger partial charge is 0.321 e. The zero-order valence-corrected chi connectivity index (χ0v) is 15.8. The van der Waals surface area contributed by atoms with E-state index in [0.717, 1.165) is 12.2 Å². The van der Waals surface area contributed by atoms with E-state index in [1.807, 2.05) is 24.3 Å². The van der Waals surface area contributed by atoms with Crippen molar-refractivity contribution in [2.24, 2.45) is 5.92 Å². The van der Waals surface area contributed by atoms with E-state index in [9.17, 15) is 9.59 Å². The molecule has 2 N–H and O–H groups in total. The molecule has 1 aliphatic rings. The van der Waals surface area contributed by atoms with Gasteiger partial charge >= 0.3 is 12.0 Å². The molecule has 0 spiro atoms. The molecule has 1 atom stereocenters. The number of nitrogens with one attached hydrogen (secondary N) is 1. The Kier molecular flexibility index (Phi) is 6.49. The molecule has 1 aliphatic heterocycles. The molecule has 0 bridgehead atoms. The Hall–Kier alpha value is -3.06. The van der Waals surface area contributed by atoms with Crippen LogP contribution in [0.2, 0.25) is 0 Å². The van der Waals surface area contributed by atoms with E-state index in [0.29, 0.717) is 31.0 Å². The summed E-state index contributed by atoms with van der Waals surface area (Å²) in [5.41, 5.74) is 1.81. The number of urea groups is 1. The van der Waals surface area contributed by atoms with Gasteiger partial charge in [-0.2, -0.15) is 0 Å². The first-order valence-corrected chi connectivity index (χ1v) is 9.19. The predicted octanol–water partition coefficient (Wildman–Crippen LogP) is 3.61. The van der Waals surface area contributed by atoms with Crippen LogP contribution in [0.1, 0.15) is 12.0 Å². The normalized spacial score (nSPS) is 16.0. The molecular weight excluding hydrogens is 360 g/mol. The average molecular weight is 384 g/mol. The Morgan fingerprint density at radius 2 is 1.75 bits per heavy atom. The Bertz CT molecular complexity index is 805. The third kappa shape index (κ3) is 5.23. The third-order valence-corrected chi connectivity index (χ3v) is 4.68. The minimum Gasteiger partial charge on any atom is -0.481 e. The number of nitrogens with zero attached hydrogens (tertiary/aromatic N) is 1. The quantitative estimate of drug-likeness (QED) is 0.761. The van der Waals surface area contributed by atoms with Crippen LogP contribution in [-0.4, -0.2) is 48.8 Å². The second kappa shape index (κ2) is 9.23. The van der Waals surface area contributed by atoms with Gasteiger partial charge in [-0.25, -0.2) is 4.79 Å². The van der Waals surface area contributed by atoms with Crippen molar-refractivity contribution in [1.82, 2.24) is 4.90 Å². The Labute approximate surface area is 163 Å². The van der Waals surface area contributed by atoms with E-state index in [-0.39, 0.29) is 12.6 Å². The SMILES string of the molecule is COCCc1ccc(Oc2ccc(NC(=O)N3CCC(C(=O)O)C3)cc2)cc1. The van der Waals surface area contributed by atoms with E-state index in [2.05, 4.69) is 5.32 Å². The fourth-order valence-electron chi connectivity index (χ4n) is 3.04. The van der Waals surface area contributed by atoms with Crippen LogP contribution in [0, 0.1) is 5.92 Å². The van der Waals surface area contributed by atoms with Crippen molar-refractivity contribution < 1.29 is 24.2 Å². The summed E-state index contributed by atoms with van der Waals surface area (Å²) in [5, 5.41) is 11.8. The van der Waals surface area contributed by atoms with E-state index in [1.165, 1.54) is 10.5 Å². The van der Waals surface area contributed by atoms with Crippen LogP contribution < -0.4 is 10.1 Å². The van der Waals surface area contributed by atoms with Crippen molar-refractivity contribution >= 4 is 17.7 Å². The summed E-state index contributed by atoms with van der Waals surface area (Å²) in [4.78, 5) is 24.8. The highest BCUT2D eigenvalue weighted by molar-refractivity contribution is 5.90. The lowest BCUT2D eigenvalue weighted by atomic mass is 10.1. The number of carboxylic acids is 1. The highest BCUT2D eigenvalue weighted by Gasteiger charge is 2.30. The van der Waals surface area contributed by atoms with Crippen LogP contribution in [0.15, 0.2) is 48.5 Å². The number of benzene rings is 2. The Morgan fingerprint density at radius 3 is 2.32 bits per heavy atom. The number of carboxylic acid groups (broad SMARTS) is 1. The number of carbonyl (C=O) groups excluding carboxylic acids is 1. The molecule has 7 heteroatoms. The largest absolute Gasteiger partial charge is 0.481 e. The van der Waals surface area contributed by atoms with Crippen molar-refractivity contribution in [2.75, 3.05) is 32.1 Å². The molecule has 2 aromatic rings.